The Hall–Kier alpha value is -4.08. The van der Waals surface area contributed by atoms with Crippen LogP contribution in [0.2, 0.25) is 0 Å². The van der Waals surface area contributed by atoms with Crippen LogP contribution >= 0.6 is 0 Å². The van der Waals surface area contributed by atoms with Crippen molar-refractivity contribution in [3.05, 3.63) is 115 Å². The minimum Gasteiger partial charge on any atom is -0.321 e. The van der Waals surface area contributed by atoms with Gasteiger partial charge >= 0.3 is 0 Å². The maximum absolute atomic E-state index is 3.82. The second-order valence-electron chi connectivity index (χ2n) is 9.09. The molecule has 8 rings (SSSR count). The molecule has 3 heterocycles. The normalized spacial score (nSPS) is 19.9. The molecule has 0 fully saturated rings. The van der Waals surface area contributed by atoms with E-state index >= 15 is 0 Å². The molecule has 2 aromatic heterocycles. The van der Waals surface area contributed by atoms with Gasteiger partial charge in [-0.2, -0.15) is 0 Å². The van der Waals surface area contributed by atoms with Crippen LogP contribution in [-0.2, 0) is 0 Å². The van der Waals surface area contributed by atoms with Crippen molar-refractivity contribution in [3.8, 4) is 5.69 Å². The van der Waals surface area contributed by atoms with E-state index in [1.165, 1.54) is 54.7 Å². The molecule has 4 aromatic carbocycles. The summed E-state index contributed by atoms with van der Waals surface area (Å²) < 4.78 is 4.82. The molecule has 2 atom stereocenters. The molecule has 3 nitrogen and oxygen atoms in total. The van der Waals surface area contributed by atoms with E-state index in [2.05, 4.69) is 124 Å². The number of hydrogen-bond acceptors (Lipinski definition) is 1. The Balaban J connectivity index is 1.49. The summed E-state index contributed by atoms with van der Waals surface area (Å²) >= 11 is 0. The minimum absolute atomic E-state index is 0.118. The highest BCUT2D eigenvalue weighted by atomic mass is 15.2. The van der Waals surface area contributed by atoms with Gasteiger partial charge in [-0.3, -0.25) is 5.32 Å². The Kier molecular flexibility index (Phi) is 3.31. The van der Waals surface area contributed by atoms with Crippen LogP contribution in [0.3, 0.4) is 0 Å². The zero-order chi connectivity index (χ0) is 21.5. The van der Waals surface area contributed by atoms with Gasteiger partial charge in [0.2, 0.25) is 0 Å². The zero-order valence-electron chi connectivity index (χ0n) is 17.9. The molecule has 2 aliphatic rings. The van der Waals surface area contributed by atoms with Gasteiger partial charge in [0.1, 0.15) is 6.17 Å². The van der Waals surface area contributed by atoms with Crippen molar-refractivity contribution in [3.63, 3.8) is 0 Å². The Bertz CT molecular complexity index is 1790. The van der Waals surface area contributed by atoms with Crippen LogP contribution in [0, 0.1) is 0 Å². The lowest BCUT2D eigenvalue weighted by atomic mass is 10.0. The molecule has 0 saturated carbocycles. The quantitative estimate of drug-likeness (QED) is 0.302. The number of fused-ring (bicyclic) bond motifs is 3. The van der Waals surface area contributed by atoms with Crippen molar-refractivity contribution in [1.29, 1.82) is 0 Å². The lowest BCUT2D eigenvalue weighted by molar-refractivity contribution is 0.527. The van der Waals surface area contributed by atoms with Crippen molar-refractivity contribution >= 4 is 43.5 Å². The molecular formula is C30H21N3. The van der Waals surface area contributed by atoms with Crippen LogP contribution in [-0.4, -0.2) is 15.2 Å². The summed E-state index contributed by atoms with van der Waals surface area (Å²) in [5.74, 6) is 0. The first-order valence-electron chi connectivity index (χ1n) is 11.5. The van der Waals surface area contributed by atoms with Crippen LogP contribution in [0.4, 0.5) is 0 Å². The van der Waals surface area contributed by atoms with Gasteiger partial charge in [0.05, 0.1) is 22.6 Å². The number of para-hydroxylation sites is 1. The van der Waals surface area contributed by atoms with E-state index < -0.39 is 0 Å². The van der Waals surface area contributed by atoms with E-state index in [1.54, 1.807) is 0 Å². The van der Waals surface area contributed by atoms with Gasteiger partial charge in [0.25, 0.3) is 0 Å². The molecule has 1 N–H and O–H groups in total. The second kappa shape index (κ2) is 6.25. The largest absolute Gasteiger partial charge is 0.321 e. The molecule has 2 unspecified atom stereocenters. The van der Waals surface area contributed by atoms with E-state index in [9.17, 15) is 0 Å². The molecule has 156 valence electrons. The van der Waals surface area contributed by atoms with Crippen molar-refractivity contribution in [1.82, 2.24) is 14.5 Å². The molecule has 3 heteroatoms. The number of nitrogens with one attached hydrogen (secondary N) is 1. The number of allylic oxidation sites excluding steroid dienone is 2. The van der Waals surface area contributed by atoms with Gasteiger partial charge < -0.3 is 9.13 Å². The van der Waals surface area contributed by atoms with Gasteiger partial charge in [-0.25, -0.2) is 0 Å². The molecule has 0 saturated heterocycles. The zero-order valence-corrected chi connectivity index (χ0v) is 17.9. The average Bonchev–Trinajstić information content (AvgIpc) is 3.56. The van der Waals surface area contributed by atoms with Gasteiger partial charge in [0.15, 0.2) is 0 Å². The molecule has 1 aliphatic carbocycles. The number of aromatic nitrogens is 2. The van der Waals surface area contributed by atoms with Crippen molar-refractivity contribution in [2.45, 2.75) is 12.2 Å². The first-order chi connectivity index (χ1) is 16.4. The Labute approximate surface area is 190 Å². The van der Waals surface area contributed by atoms with Crippen LogP contribution in [0.1, 0.15) is 6.17 Å². The molecule has 1 aliphatic heterocycles. The molecule has 6 aromatic rings. The van der Waals surface area contributed by atoms with Gasteiger partial charge in [-0.05, 0) is 47.4 Å². The molecule has 0 radical (unpaired) electrons. The summed E-state index contributed by atoms with van der Waals surface area (Å²) in [6.45, 7) is 0. The summed E-state index contributed by atoms with van der Waals surface area (Å²) in [5.41, 5.74) is 6.38. The van der Waals surface area contributed by atoms with Gasteiger partial charge in [-0.1, -0.05) is 66.8 Å². The topological polar surface area (TPSA) is 21.9 Å². The molecule has 0 amide bonds. The highest BCUT2D eigenvalue weighted by molar-refractivity contribution is 6.29. The lowest BCUT2D eigenvalue weighted by Gasteiger charge is -2.18. The third-order valence-electron chi connectivity index (χ3n) is 7.34. The van der Waals surface area contributed by atoms with Gasteiger partial charge in [-0.15, -0.1) is 0 Å². The Morgan fingerprint density at radius 2 is 1.70 bits per heavy atom. The molecular weight excluding hydrogens is 402 g/mol. The Morgan fingerprint density at radius 1 is 0.758 bits per heavy atom. The van der Waals surface area contributed by atoms with Gasteiger partial charge in [0, 0.05) is 33.4 Å². The smallest absolute Gasteiger partial charge is 0.105 e. The van der Waals surface area contributed by atoms with E-state index in [1.807, 2.05) is 0 Å². The maximum Gasteiger partial charge on any atom is 0.105 e. The van der Waals surface area contributed by atoms with Crippen molar-refractivity contribution in [2.24, 2.45) is 0 Å². The second-order valence-corrected chi connectivity index (χ2v) is 9.09. The first-order valence-corrected chi connectivity index (χ1v) is 11.5. The van der Waals surface area contributed by atoms with Crippen LogP contribution in [0.5, 0.6) is 0 Å². The number of nitrogens with zero attached hydrogens (tertiary/aromatic N) is 2. The van der Waals surface area contributed by atoms with E-state index in [4.69, 9.17) is 0 Å². The molecule has 0 spiro atoms. The predicted octanol–water partition coefficient (Wildman–Crippen LogP) is 6.85. The van der Waals surface area contributed by atoms with Crippen LogP contribution < -0.4 is 5.32 Å². The standard InChI is InChI=1S/C30H21N3/c1-2-9-22(10-3-1)32-16-15-21-17-26-29-23(30(21)32)14-13-19-8-6-12-25(28(19)29)33(26)27-18-20-7-4-5-11-24(20)31-27/h1-18,24,27,31H. The van der Waals surface area contributed by atoms with E-state index in [-0.39, 0.29) is 12.2 Å². The molecule has 0 bridgehead atoms. The third-order valence-corrected chi connectivity index (χ3v) is 7.34. The average molecular weight is 424 g/mol. The first kappa shape index (κ1) is 17.5. The molecule has 33 heavy (non-hydrogen) atoms. The minimum atomic E-state index is 0.118. The summed E-state index contributed by atoms with van der Waals surface area (Å²) in [5, 5.41) is 10.4. The fourth-order valence-corrected chi connectivity index (χ4v) is 5.95. The SMILES string of the molecule is C1=CC2=CC(n3c4cccc5ccc6c(c54)c3cc3ccn(-c4ccccc4)c36)NC2C=C1. The monoisotopic (exact) mass is 423 g/mol. The summed E-state index contributed by atoms with van der Waals surface area (Å²) in [4.78, 5) is 0. The highest BCUT2D eigenvalue weighted by Crippen LogP contribution is 2.43. The number of rotatable bonds is 2. The van der Waals surface area contributed by atoms with Crippen molar-refractivity contribution in [2.75, 3.05) is 0 Å². The predicted molar refractivity (Wildman–Crippen MR) is 137 cm³/mol. The van der Waals surface area contributed by atoms with E-state index in [0.717, 1.165) is 0 Å². The Morgan fingerprint density at radius 3 is 2.61 bits per heavy atom. The van der Waals surface area contributed by atoms with Crippen LogP contribution in [0.25, 0.3) is 49.2 Å². The van der Waals surface area contributed by atoms with Crippen LogP contribution in [0.15, 0.2) is 115 Å². The number of benzene rings is 4. The summed E-state index contributed by atoms with van der Waals surface area (Å²) in [7, 11) is 0. The lowest BCUT2D eigenvalue weighted by Crippen LogP contribution is -2.28. The van der Waals surface area contributed by atoms with Crippen molar-refractivity contribution < 1.29 is 0 Å². The fraction of sp³-hybridized carbons (Fsp3) is 0.0667. The number of hydrogen-bond donors (Lipinski definition) is 1. The fourth-order valence-electron chi connectivity index (χ4n) is 5.95. The third kappa shape index (κ3) is 2.27. The maximum atomic E-state index is 3.82. The highest BCUT2D eigenvalue weighted by Gasteiger charge is 2.28. The summed E-state index contributed by atoms with van der Waals surface area (Å²) in [6, 6.07) is 26.8. The summed E-state index contributed by atoms with van der Waals surface area (Å²) in [6.07, 6.45) is 13.4. The van der Waals surface area contributed by atoms with E-state index in [0.29, 0.717) is 0 Å².